The first kappa shape index (κ1) is 15.0. The number of hydrogen-bond acceptors (Lipinski definition) is 2. The Hall–Kier alpha value is -1.35. The van der Waals surface area contributed by atoms with Crippen molar-refractivity contribution in [2.24, 2.45) is 5.92 Å². The molecule has 0 radical (unpaired) electrons. The number of nitrogens with zero attached hydrogens (tertiary/aromatic N) is 1. The fraction of sp³-hybridized carbons (Fsp3) is 0.588. The number of para-hydroxylation sites is 1. The van der Waals surface area contributed by atoms with E-state index in [1.807, 2.05) is 0 Å². The minimum atomic E-state index is 0.158. The third-order valence-electron chi connectivity index (χ3n) is 4.26. The molecule has 1 amide bonds. The van der Waals surface area contributed by atoms with Gasteiger partial charge in [-0.1, -0.05) is 32.0 Å². The number of benzene rings is 1. The highest BCUT2D eigenvalue weighted by atomic mass is 16.1. The van der Waals surface area contributed by atoms with Crippen molar-refractivity contribution in [3.05, 3.63) is 29.3 Å². The third kappa shape index (κ3) is 3.40. The molecule has 0 unspecified atom stereocenters. The Morgan fingerprint density at radius 3 is 2.55 bits per heavy atom. The van der Waals surface area contributed by atoms with E-state index in [9.17, 15) is 4.79 Å². The van der Waals surface area contributed by atoms with Crippen LogP contribution in [0.4, 0.5) is 5.69 Å². The predicted molar refractivity (Wildman–Crippen MR) is 84.1 cm³/mol. The second-order valence-electron chi connectivity index (χ2n) is 6.26. The maximum atomic E-state index is 12.5. The molecule has 0 bridgehead atoms. The molecule has 1 heterocycles. The molecule has 110 valence electrons. The molecule has 0 saturated carbocycles. The standard InChI is InChI=1S/C17H26N2O/c1-12(2)15-7-5-6-13(3)16(15)18-17(20)14-8-10-19(4)11-9-14/h5-7,12,14H,8-11H2,1-4H3,(H,18,20). The van der Waals surface area contributed by atoms with E-state index in [-0.39, 0.29) is 11.8 Å². The lowest BCUT2D eigenvalue weighted by Gasteiger charge is -2.28. The van der Waals surface area contributed by atoms with Crippen LogP contribution >= 0.6 is 0 Å². The van der Waals surface area contributed by atoms with Crippen molar-refractivity contribution in [1.82, 2.24) is 4.90 Å². The lowest BCUT2D eigenvalue weighted by atomic mass is 9.94. The van der Waals surface area contributed by atoms with Gasteiger partial charge in [0.1, 0.15) is 0 Å². The lowest BCUT2D eigenvalue weighted by molar-refractivity contribution is -0.121. The number of anilines is 1. The van der Waals surface area contributed by atoms with Gasteiger partial charge in [0, 0.05) is 11.6 Å². The van der Waals surface area contributed by atoms with Gasteiger partial charge in [0.25, 0.3) is 0 Å². The van der Waals surface area contributed by atoms with Crippen LogP contribution in [-0.2, 0) is 4.79 Å². The summed E-state index contributed by atoms with van der Waals surface area (Å²) in [6.07, 6.45) is 1.93. The highest BCUT2D eigenvalue weighted by Gasteiger charge is 2.24. The van der Waals surface area contributed by atoms with Gasteiger partial charge in [-0.25, -0.2) is 0 Å². The quantitative estimate of drug-likeness (QED) is 0.916. The number of amides is 1. The number of hydrogen-bond donors (Lipinski definition) is 1. The summed E-state index contributed by atoms with van der Waals surface area (Å²) < 4.78 is 0. The molecule has 0 aliphatic carbocycles. The molecule has 0 atom stereocenters. The van der Waals surface area contributed by atoms with Crippen LogP contribution in [0, 0.1) is 12.8 Å². The van der Waals surface area contributed by atoms with Crippen molar-refractivity contribution < 1.29 is 4.79 Å². The molecular formula is C17H26N2O. The Labute approximate surface area is 122 Å². The van der Waals surface area contributed by atoms with Crippen LogP contribution in [0.25, 0.3) is 0 Å². The first-order valence-corrected chi connectivity index (χ1v) is 7.58. The van der Waals surface area contributed by atoms with Crippen LogP contribution in [0.1, 0.15) is 43.7 Å². The Kier molecular flexibility index (Phi) is 4.81. The average Bonchev–Trinajstić information content (AvgIpc) is 2.41. The van der Waals surface area contributed by atoms with Crippen LogP contribution < -0.4 is 5.32 Å². The van der Waals surface area contributed by atoms with Gasteiger partial charge < -0.3 is 10.2 Å². The molecule has 1 aliphatic heterocycles. The lowest BCUT2D eigenvalue weighted by Crippen LogP contribution is -2.36. The van der Waals surface area contributed by atoms with E-state index in [1.165, 1.54) is 5.56 Å². The number of aryl methyl sites for hydroxylation is 1. The van der Waals surface area contributed by atoms with Gasteiger partial charge in [0.15, 0.2) is 0 Å². The SMILES string of the molecule is Cc1cccc(C(C)C)c1NC(=O)C1CCN(C)CC1. The van der Waals surface area contributed by atoms with Crippen molar-refractivity contribution in [1.29, 1.82) is 0 Å². The van der Waals surface area contributed by atoms with E-state index in [0.717, 1.165) is 37.2 Å². The number of likely N-dealkylation sites (tertiary alicyclic amines) is 1. The molecule has 0 aromatic heterocycles. The molecule has 1 aromatic carbocycles. The maximum absolute atomic E-state index is 12.5. The maximum Gasteiger partial charge on any atom is 0.227 e. The van der Waals surface area contributed by atoms with Gasteiger partial charge in [-0.3, -0.25) is 4.79 Å². The molecule has 1 N–H and O–H groups in total. The van der Waals surface area contributed by atoms with Crippen LogP contribution in [0.5, 0.6) is 0 Å². The van der Waals surface area contributed by atoms with Gasteiger partial charge in [-0.05, 0) is 56.9 Å². The summed E-state index contributed by atoms with van der Waals surface area (Å²) in [5, 5.41) is 3.19. The zero-order valence-electron chi connectivity index (χ0n) is 13.1. The molecule has 1 saturated heterocycles. The highest BCUT2D eigenvalue weighted by Crippen LogP contribution is 2.28. The van der Waals surface area contributed by atoms with E-state index in [1.54, 1.807) is 0 Å². The molecule has 1 aliphatic rings. The van der Waals surface area contributed by atoms with Crippen molar-refractivity contribution in [3.63, 3.8) is 0 Å². The number of carbonyl (C=O) groups excluding carboxylic acids is 1. The van der Waals surface area contributed by atoms with Crippen LogP contribution in [0.3, 0.4) is 0 Å². The Morgan fingerprint density at radius 1 is 1.30 bits per heavy atom. The Bertz CT molecular complexity index is 474. The third-order valence-corrected chi connectivity index (χ3v) is 4.26. The molecule has 1 aromatic rings. The summed E-state index contributed by atoms with van der Waals surface area (Å²) in [6, 6.07) is 6.24. The van der Waals surface area contributed by atoms with E-state index in [4.69, 9.17) is 0 Å². The van der Waals surface area contributed by atoms with Crippen molar-refractivity contribution in [2.45, 2.75) is 39.5 Å². The summed E-state index contributed by atoms with van der Waals surface area (Å²) in [5.41, 5.74) is 3.40. The van der Waals surface area contributed by atoms with Crippen LogP contribution in [0.15, 0.2) is 18.2 Å². The van der Waals surface area contributed by atoms with E-state index in [0.29, 0.717) is 5.92 Å². The minimum absolute atomic E-state index is 0.158. The first-order chi connectivity index (χ1) is 9.49. The summed E-state index contributed by atoms with van der Waals surface area (Å²) in [5.74, 6) is 0.766. The largest absolute Gasteiger partial charge is 0.325 e. The molecule has 1 fully saturated rings. The minimum Gasteiger partial charge on any atom is -0.325 e. The first-order valence-electron chi connectivity index (χ1n) is 7.58. The van der Waals surface area contributed by atoms with Gasteiger partial charge >= 0.3 is 0 Å². The summed E-state index contributed by atoms with van der Waals surface area (Å²) in [6.45, 7) is 8.43. The van der Waals surface area contributed by atoms with E-state index >= 15 is 0 Å². The second-order valence-corrected chi connectivity index (χ2v) is 6.26. The summed E-state index contributed by atoms with van der Waals surface area (Å²) in [7, 11) is 2.12. The fourth-order valence-corrected chi connectivity index (χ4v) is 2.84. The smallest absolute Gasteiger partial charge is 0.227 e. The molecule has 3 heteroatoms. The Morgan fingerprint density at radius 2 is 1.95 bits per heavy atom. The summed E-state index contributed by atoms with van der Waals surface area (Å²) in [4.78, 5) is 14.8. The number of rotatable bonds is 3. The number of nitrogens with one attached hydrogen (secondary N) is 1. The second kappa shape index (κ2) is 6.40. The normalized spacial score (nSPS) is 17.4. The van der Waals surface area contributed by atoms with E-state index in [2.05, 4.69) is 56.2 Å². The zero-order chi connectivity index (χ0) is 14.7. The highest BCUT2D eigenvalue weighted by molar-refractivity contribution is 5.94. The molecular weight excluding hydrogens is 248 g/mol. The number of piperidine rings is 1. The van der Waals surface area contributed by atoms with Crippen molar-refractivity contribution in [2.75, 3.05) is 25.5 Å². The van der Waals surface area contributed by atoms with Gasteiger partial charge in [-0.2, -0.15) is 0 Å². The Balaban J connectivity index is 2.11. The number of carbonyl (C=O) groups is 1. The monoisotopic (exact) mass is 274 g/mol. The molecule has 3 nitrogen and oxygen atoms in total. The van der Waals surface area contributed by atoms with Crippen molar-refractivity contribution >= 4 is 11.6 Å². The molecule has 20 heavy (non-hydrogen) atoms. The van der Waals surface area contributed by atoms with Crippen LogP contribution in [0.2, 0.25) is 0 Å². The van der Waals surface area contributed by atoms with Crippen LogP contribution in [-0.4, -0.2) is 30.9 Å². The van der Waals surface area contributed by atoms with Crippen molar-refractivity contribution in [3.8, 4) is 0 Å². The topological polar surface area (TPSA) is 32.3 Å². The van der Waals surface area contributed by atoms with Gasteiger partial charge in [0.05, 0.1) is 0 Å². The zero-order valence-corrected chi connectivity index (χ0v) is 13.1. The fourth-order valence-electron chi connectivity index (χ4n) is 2.84. The van der Waals surface area contributed by atoms with Gasteiger partial charge in [-0.15, -0.1) is 0 Å². The average molecular weight is 274 g/mol. The van der Waals surface area contributed by atoms with Gasteiger partial charge in [0.2, 0.25) is 5.91 Å². The molecule has 2 rings (SSSR count). The van der Waals surface area contributed by atoms with E-state index < -0.39 is 0 Å². The summed E-state index contributed by atoms with van der Waals surface area (Å²) >= 11 is 0. The predicted octanol–water partition coefficient (Wildman–Crippen LogP) is 3.40. The molecule has 0 spiro atoms.